The van der Waals surface area contributed by atoms with Crippen LogP contribution in [0.3, 0.4) is 0 Å². The number of benzene rings is 2. The number of amides is 1. The smallest absolute Gasteiger partial charge is 0.224 e. The van der Waals surface area contributed by atoms with E-state index in [1.54, 1.807) is 0 Å². The molecule has 2 N–H and O–H groups in total. The molecule has 0 spiro atoms. The number of hydrogen-bond acceptors (Lipinski definition) is 1. The van der Waals surface area contributed by atoms with Gasteiger partial charge in [0.1, 0.15) is 0 Å². The minimum atomic E-state index is -0.287. The fraction of sp³-hybridized carbons (Fsp3) is 0.154. The van der Waals surface area contributed by atoms with Crippen molar-refractivity contribution >= 4 is 16.7 Å². The highest BCUT2D eigenvalue weighted by molar-refractivity contribution is 5.86. The third kappa shape index (κ3) is 1.84. The zero-order chi connectivity index (χ0) is 10.8. The standard InChI is InChI=1S/C13H13NO/c1-9(13(14)15)11-7-6-10-4-2-3-5-12(10)8-11/h2-9H,1H3,(H2,14,15)/t9-/m0/s1. The van der Waals surface area contributed by atoms with Crippen LogP contribution in [0.1, 0.15) is 18.4 Å². The van der Waals surface area contributed by atoms with Crippen LogP contribution in [0.4, 0.5) is 0 Å². The minimum Gasteiger partial charge on any atom is -0.369 e. The fourth-order valence-corrected chi connectivity index (χ4v) is 1.64. The summed E-state index contributed by atoms with van der Waals surface area (Å²) < 4.78 is 0. The molecule has 2 aromatic rings. The quantitative estimate of drug-likeness (QED) is 0.793. The van der Waals surface area contributed by atoms with Crippen molar-refractivity contribution in [2.75, 3.05) is 0 Å². The van der Waals surface area contributed by atoms with Crippen LogP contribution in [0.5, 0.6) is 0 Å². The van der Waals surface area contributed by atoms with E-state index < -0.39 is 0 Å². The molecule has 2 aromatic carbocycles. The van der Waals surface area contributed by atoms with Gasteiger partial charge >= 0.3 is 0 Å². The highest BCUT2D eigenvalue weighted by Crippen LogP contribution is 2.21. The first-order valence-electron chi connectivity index (χ1n) is 4.96. The van der Waals surface area contributed by atoms with E-state index in [1.165, 1.54) is 5.39 Å². The van der Waals surface area contributed by atoms with E-state index in [0.29, 0.717) is 0 Å². The number of rotatable bonds is 2. The van der Waals surface area contributed by atoms with Gasteiger partial charge in [0.05, 0.1) is 5.92 Å². The van der Waals surface area contributed by atoms with E-state index >= 15 is 0 Å². The molecule has 2 heteroatoms. The molecule has 0 aromatic heterocycles. The van der Waals surface area contributed by atoms with Crippen LogP contribution in [-0.2, 0) is 4.79 Å². The molecular formula is C13H13NO. The van der Waals surface area contributed by atoms with Crippen LogP contribution < -0.4 is 5.73 Å². The van der Waals surface area contributed by atoms with Gasteiger partial charge in [0.15, 0.2) is 0 Å². The van der Waals surface area contributed by atoms with Gasteiger partial charge in [-0.15, -0.1) is 0 Å². The summed E-state index contributed by atoms with van der Waals surface area (Å²) in [6.07, 6.45) is 0. The lowest BCUT2D eigenvalue weighted by Crippen LogP contribution is -2.18. The molecule has 0 aliphatic rings. The van der Waals surface area contributed by atoms with Crippen LogP contribution in [0, 0.1) is 0 Å². The normalized spacial score (nSPS) is 12.6. The van der Waals surface area contributed by atoms with Crippen LogP contribution >= 0.6 is 0 Å². The highest BCUT2D eigenvalue weighted by Gasteiger charge is 2.11. The lowest BCUT2D eigenvalue weighted by atomic mass is 9.97. The van der Waals surface area contributed by atoms with Crippen LogP contribution in [-0.4, -0.2) is 5.91 Å². The lowest BCUT2D eigenvalue weighted by molar-refractivity contribution is -0.119. The van der Waals surface area contributed by atoms with Gasteiger partial charge in [-0.3, -0.25) is 4.79 Å². The van der Waals surface area contributed by atoms with Gasteiger partial charge < -0.3 is 5.73 Å². The topological polar surface area (TPSA) is 43.1 Å². The molecule has 0 radical (unpaired) electrons. The van der Waals surface area contributed by atoms with E-state index in [4.69, 9.17) is 5.73 Å². The number of hydrogen-bond donors (Lipinski definition) is 1. The van der Waals surface area contributed by atoms with Gasteiger partial charge in [-0.2, -0.15) is 0 Å². The first-order chi connectivity index (χ1) is 7.18. The fourth-order valence-electron chi connectivity index (χ4n) is 1.64. The molecule has 2 rings (SSSR count). The Labute approximate surface area is 88.7 Å². The Morgan fingerprint density at radius 3 is 2.47 bits per heavy atom. The van der Waals surface area contributed by atoms with Crippen molar-refractivity contribution in [2.45, 2.75) is 12.8 Å². The minimum absolute atomic E-state index is 0.227. The molecule has 15 heavy (non-hydrogen) atoms. The summed E-state index contributed by atoms with van der Waals surface area (Å²) in [5.41, 5.74) is 6.25. The third-order valence-electron chi connectivity index (χ3n) is 2.70. The van der Waals surface area contributed by atoms with Gasteiger partial charge in [-0.05, 0) is 23.3 Å². The Morgan fingerprint density at radius 2 is 1.80 bits per heavy atom. The second-order valence-corrected chi connectivity index (χ2v) is 3.73. The molecule has 0 aliphatic carbocycles. The van der Waals surface area contributed by atoms with E-state index in [0.717, 1.165) is 10.9 Å². The average Bonchev–Trinajstić information content (AvgIpc) is 2.27. The summed E-state index contributed by atoms with van der Waals surface area (Å²) in [6.45, 7) is 1.83. The Morgan fingerprint density at radius 1 is 1.13 bits per heavy atom. The van der Waals surface area contributed by atoms with Crippen molar-refractivity contribution in [1.82, 2.24) is 0 Å². The number of carbonyl (C=O) groups excluding carboxylic acids is 1. The van der Waals surface area contributed by atoms with Crippen LogP contribution in [0.25, 0.3) is 10.8 Å². The van der Waals surface area contributed by atoms with Gasteiger partial charge in [0.25, 0.3) is 0 Å². The Bertz CT molecular complexity index is 505. The van der Waals surface area contributed by atoms with Crippen molar-refractivity contribution in [1.29, 1.82) is 0 Å². The first kappa shape index (κ1) is 9.71. The van der Waals surface area contributed by atoms with Crippen molar-refractivity contribution in [3.8, 4) is 0 Å². The van der Waals surface area contributed by atoms with E-state index in [-0.39, 0.29) is 11.8 Å². The van der Waals surface area contributed by atoms with Crippen molar-refractivity contribution < 1.29 is 4.79 Å². The SMILES string of the molecule is C[C@H](C(N)=O)c1ccc2ccccc2c1. The summed E-state index contributed by atoms with van der Waals surface area (Å²) in [5, 5.41) is 2.32. The molecule has 0 saturated heterocycles. The number of carbonyl (C=O) groups is 1. The summed E-state index contributed by atoms with van der Waals surface area (Å²) in [5.74, 6) is -0.514. The summed E-state index contributed by atoms with van der Waals surface area (Å²) in [7, 11) is 0. The molecule has 0 aliphatic heterocycles. The van der Waals surface area contributed by atoms with Crippen LogP contribution in [0.15, 0.2) is 42.5 Å². The number of fused-ring (bicyclic) bond motifs is 1. The molecule has 0 unspecified atom stereocenters. The first-order valence-corrected chi connectivity index (χ1v) is 4.96. The summed E-state index contributed by atoms with van der Waals surface area (Å²) >= 11 is 0. The number of primary amides is 1. The molecule has 1 atom stereocenters. The van der Waals surface area contributed by atoms with Crippen molar-refractivity contribution in [3.05, 3.63) is 48.0 Å². The van der Waals surface area contributed by atoms with Gasteiger partial charge in [0.2, 0.25) is 5.91 Å². The van der Waals surface area contributed by atoms with Crippen LogP contribution in [0.2, 0.25) is 0 Å². The second-order valence-electron chi connectivity index (χ2n) is 3.73. The van der Waals surface area contributed by atoms with Gasteiger partial charge in [0, 0.05) is 0 Å². The molecular weight excluding hydrogens is 186 g/mol. The monoisotopic (exact) mass is 199 g/mol. The second kappa shape index (κ2) is 3.73. The van der Waals surface area contributed by atoms with Crippen molar-refractivity contribution in [2.24, 2.45) is 5.73 Å². The summed E-state index contributed by atoms with van der Waals surface area (Å²) in [6, 6.07) is 14.1. The maximum Gasteiger partial charge on any atom is 0.224 e. The Balaban J connectivity index is 2.51. The predicted octanol–water partition coefficient (Wildman–Crippen LogP) is 2.43. The third-order valence-corrected chi connectivity index (χ3v) is 2.70. The zero-order valence-corrected chi connectivity index (χ0v) is 8.60. The molecule has 0 heterocycles. The maximum atomic E-state index is 11.1. The average molecular weight is 199 g/mol. The molecule has 2 nitrogen and oxygen atoms in total. The molecule has 0 fully saturated rings. The molecule has 76 valence electrons. The lowest BCUT2D eigenvalue weighted by Gasteiger charge is -2.08. The Kier molecular flexibility index (Phi) is 2.42. The molecule has 1 amide bonds. The zero-order valence-electron chi connectivity index (χ0n) is 8.60. The van der Waals surface area contributed by atoms with E-state index in [9.17, 15) is 4.79 Å². The number of nitrogens with two attached hydrogens (primary N) is 1. The van der Waals surface area contributed by atoms with E-state index in [2.05, 4.69) is 0 Å². The molecule has 0 bridgehead atoms. The molecule has 0 saturated carbocycles. The highest BCUT2D eigenvalue weighted by atomic mass is 16.1. The predicted molar refractivity (Wildman–Crippen MR) is 61.6 cm³/mol. The van der Waals surface area contributed by atoms with Gasteiger partial charge in [-0.25, -0.2) is 0 Å². The maximum absolute atomic E-state index is 11.1. The largest absolute Gasteiger partial charge is 0.369 e. The van der Waals surface area contributed by atoms with Crippen molar-refractivity contribution in [3.63, 3.8) is 0 Å². The Hall–Kier alpha value is -1.83. The summed E-state index contributed by atoms with van der Waals surface area (Å²) in [4.78, 5) is 11.1. The van der Waals surface area contributed by atoms with Gasteiger partial charge in [-0.1, -0.05) is 42.5 Å². The van der Waals surface area contributed by atoms with E-state index in [1.807, 2.05) is 49.4 Å².